The molecule has 1 saturated heterocycles. The molecule has 1 aromatic rings. The molecular weight excluding hydrogens is 262 g/mol. The van der Waals surface area contributed by atoms with E-state index in [4.69, 9.17) is 0 Å². The zero-order valence-electron chi connectivity index (χ0n) is 10.9. The number of hydrogen-bond acceptors (Lipinski definition) is 5. The van der Waals surface area contributed by atoms with Crippen LogP contribution in [0.4, 0.5) is 10.6 Å². The molecule has 1 aliphatic rings. The summed E-state index contributed by atoms with van der Waals surface area (Å²) in [6.45, 7) is 3.28. The van der Waals surface area contributed by atoms with Gasteiger partial charge in [-0.3, -0.25) is 14.5 Å². The molecule has 1 N–H and O–H groups in total. The Balaban J connectivity index is 1.98. The SMILES string of the molecule is CCCNc1ccc(CN2C(=O)CCSC2=O)cn1. The summed E-state index contributed by atoms with van der Waals surface area (Å²) < 4.78 is 0. The summed E-state index contributed by atoms with van der Waals surface area (Å²) in [5, 5.41) is 3.02. The largest absolute Gasteiger partial charge is 0.370 e. The van der Waals surface area contributed by atoms with Crippen LogP contribution in [-0.4, -0.2) is 33.3 Å². The summed E-state index contributed by atoms with van der Waals surface area (Å²) in [6, 6.07) is 3.77. The second-order valence-electron chi connectivity index (χ2n) is 4.32. The lowest BCUT2D eigenvalue weighted by molar-refractivity contribution is -0.128. The summed E-state index contributed by atoms with van der Waals surface area (Å²) >= 11 is 1.20. The van der Waals surface area contributed by atoms with E-state index in [2.05, 4.69) is 17.2 Å². The number of nitrogens with one attached hydrogen (secondary N) is 1. The summed E-state index contributed by atoms with van der Waals surface area (Å²) in [5.41, 5.74) is 0.867. The highest BCUT2D eigenvalue weighted by Gasteiger charge is 2.26. The smallest absolute Gasteiger partial charge is 0.288 e. The van der Waals surface area contributed by atoms with Crippen LogP contribution in [0.5, 0.6) is 0 Å². The standard InChI is InChI=1S/C13H17N3O2S/c1-2-6-14-11-4-3-10(8-15-11)9-16-12(17)5-7-19-13(16)18/h3-4,8H,2,5-7,9H2,1H3,(H,14,15). The van der Waals surface area contributed by atoms with Crippen molar-refractivity contribution in [2.75, 3.05) is 17.6 Å². The van der Waals surface area contributed by atoms with Crippen LogP contribution in [0, 0.1) is 0 Å². The Labute approximate surface area is 116 Å². The van der Waals surface area contributed by atoms with Crippen LogP contribution in [0.2, 0.25) is 0 Å². The van der Waals surface area contributed by atoms with Crippen LogP contribution in [0.1, 0.15) is 25.3 Å². The molecule has 6 heteroatoms. The lowest BCUT2D eigenvalue weighted by Crippen LogP contribution is -2.37. The van der Waals surface area contributed by atoms with Gasteiger partial charge in [-0.1, -0.05) is 24.8 Å². The first kappa shape index (κ1) is 13.9. The average Bonchev–Trinajstić information content (AvgIpc) is 2.42. The van der Waals surface area contributed by atoms with Gasteiger partial charge in [0.15, 0.2) is 0 Å². The molecule has 0 spiro atoms. The number of nitrogens with zero attached hydrogens (tertiary/aromatic N) is 2. The normalized spacial score (nSPS) is 15.7. The molecule has 1 aliphatic heterocycles. The molecule has 0 atom stereocenters. The van der Waals surface area contributed by atoms with Gasteiger partial charge in [-0.2, -0.15) is 0 Å². The molecule has 102 valence electrons. The maximum Gasteiger partial charge on any atom is 0.288 e. The number of hydrogen-bond donors (Lipinski definition) is 1. The first-order valence-electron chi connectivity index (χ1n) is 6.36. The number of thioether (sulfide) groups is 1. The van der Waals surface area contributed by atoms with Crippen molar-refractivity contribution in [3.8, 4) is 0 Å². The van der Waals surface area contributed by atoms with Crippen molar-refractivity contribution >= 4 is 28.7 Å². The summed E-state index contributed by atoms with van der Waals surface area (Å²) in [5.74, 6) is 1.31. The van der Waals surface area contributed by atoms with Gasteiger partial charge in [0.25, 0.3) is 5.24 Å². The van der Waals surface area contributed by atoms with E-state index >= 15 is 0 Å². The number of aromatic nitrogens is 1. The molecule has 2 rings (SSSR count). The third-order valence-corrected chi connectivity index (χ3v) is 3.66. The van der Waals surface area contributed by atoms with E-state index in [-0.39, 0.29) is 11.1 Å². The fourth-order valence-corrected chi connectivity index (χ4v) is 2.52. The third-order valence-electron chi connectivity index (χ3n) is 2.78. The van der Waals surface area contributed by atoms with Crippen molar-refractivity contribution in [3.63, 3.8) is 0 Å². The number of imide groups is 1. The number of amides is 2. The zero-order chi connectivity index (χ0) is 13.7. The summed E-state index contributed by atoms with van der Waals surface area (Å²) in [4.78, 5) is 28.9. The number of rotatable bonds is 5. The number of carbonyl (C=O) groups is 2. The molecule has 0 aliphatic carbocycles. The molecule has 1 fully saturated rings. The van der Waals surface area contributed by atoms with Gasteiger partial charge in [-0.05, 0) is 18.1 Å². The van der Waals surface area contributed by atoms with E-state index in [1.165, 1.54) is 16.7 Å². The van der Waals surface area contributed by atoms with Gasteiger partial charge in [-0.25, -0.2) is 4.98 Å². The Kier molecular flexibility index (Phi) is 4.79. The predicted octanol–water partition coefficient (Wildman–Crippen LogP) is 2.49. The van der Waals surface area contributed by atoms with Crippen LogP contribution in [0.15, 0.2) is 18.3 Å². The van der Waals surface area contributed by atoms with Crippen molar-refractivity contribution < 1.29 is 9.59 Å². The van der Waals surface area contributed by atoms with E-state index in [1.807, 2.05) is 12.1 Å². The maximum absolute atomic E-state index is 11.7. The molecule has 19 heavy (non-hydrogen) atoms. The highest BCUT2D eigenvalue weighted by atomic mass is 32.2. The molecule has 0 unspecified atom stereocenters. The lowest BCUT2D eigenvalue weighted by Gasteiger charge is -2.23. The molecule has 0 bridgehead atoms. The minimum atomic E-state index is -0.163. The molecule has 2 heterocycles. The second-order valence-corrected chi connectivity index (χ2v) is 5.37. The monoisotopic (exact) mass is 279 g/mol. The molecule has 0 aromatic carbocycles. The van der Waals surface area contributed by atoms with Crippen molar-refractivity contribution in [3.05, 3.63) is 23.9 Å². The van der Waals surface area contributed by atoms with Crippen molar-refractivity contribution in [1.29, 1.82) is 0 Å². The highest BCUT2D eigenvalue weighted by Crippen LogP contribution is 2.20. The van der Waals surface area contributed by atoms with E-state index < -0.39 is 0 Å². The van der Waals surface area contributed by atoms with Crippen molar-refractivity contribution in [2.45, 2.75) is 26.3 Å². The predicted molar refractivity (Wildman–Crippen MR) is 76.0 cm³/mol. The van der Waals surface area contributed by atoms with Gasteiger partial charge in [-0.15, -0.1) is 0 Å². The zero-order valence-corrected chi connectivity index (χ0v) is 11.7. The first-order valence-corrected chi connectivity index (χ1v) is 7.35. The van der Waals surface area contributed by atoms with Gasteiger partial charge >= 0.3 is 0 Å². The number of carbonyl (C=O) groups excluding carboxylic acids is 2. The van der Waals surface area contributed by atoms with Crippen LogP contribution in [0.3, 0.4) is 0 Å². The Morgan fingerprint density at radius 1 is 1.42 bits per heavy atom. The lowest BCUT2D eigenvalue weighted by atomic mass is 10.2. The van der Waals surface area contributed by atoms with Gasteiger partial charge in [0.05, 0.1) is 6.54 Å². The topological polar surface area (TPSA) is 62.3 Å². The minimum Gasteiger partial charge on any atom is -0.370 e. The van der Waals surface area contributed by atoms with E-state index in [1.54, 1.807) is 6.20 Å². The highest BCUT2D eigenvalue weighted by molar-refractivity contribution is 8.13. The number of pyridine rings is 1. The van der Waals surface area contributed by atoms with E-state index in [0.717, 1.165) is 24.3 Å². The third kappa shape index (κ3) is 3.70. The van der Waals surface area contributed by atoms with Gasteiger partial charge in [0.2, 0.25) is 5.91 Å². The molecule has 0 radical (unpaired) electrons. The second kappa shape index (κ2) is 6.56. The molecule has 1 aromatic heterocycles. The van der Waals surface area contributed by atoms with E-state index in [0.29, 0.717) is 18.7 Å². The molecule has 2 amide bonds. The van der Waals surface area contributed by atoms with Gasteiger partial charge in [0, 0.05) is 24.9 Å². The Hall–Kier alpha value is -1.56. The molecule has 0 saturated carbocycles. The Bertz CT molecular complexity index is 445. The van der Waals surface area contributed by atoms with Crippen molar-refractivity contribution in [2.24, 2.45) is 0 Å². The van der Waals surface area contributed by atoms with Crippen molar-refractivity contribution in [1.82, 2.24) is 9.88 Å². The molecule has 5 nitrogen and oxygen atoms in total. The minimum absolute atomic E-state index is 0.100. The maximum atomic E-state index is 11.7. The van der Waals surface area contributed by atoms with E-state index in [9.17, 15) is 9.59 Å². The van der Waals surface area contributed by atoms with Gasteiger partial charge < -0.3 is 5.32 Å². The summed E-state index contributed by atoms with van der Waals surface area (Å²) in [6.07, 6.45) is 3.18. The van der Waals surface area contributed by atoms with Gasteiger partial charge in [0.1, 0.15) is 5.82 Å². The average molecular weight is 279 g/mol. The quantitative estimate of drug-likeness (QED) is 0.897. The van der Waals surface area contributed by atoms with Crippen LogP contribution < -0.4 is 5.32 Å². The Morgan fingerprint density at radius 3 is 2.89 bits per heavy atom. The first-order chi connectivity index (χ1) is 9.20. The Morgan fingerprint density at radius 2 is 2.26 bits per heavy atom. The summed E-state index contributed by atoms with van der Waals surface area (Å²) in [7, 11) is 0. The fraction of sp³-hybridized carbons (Fsp3) is 0.462. The number of anilines is 1. The van der Waals surface area contributed by atoms with Crippen LogP contribution >= 0.6 is 11.8 Å². The van der Waals surface area contributed by atoms with Crippen LogP contribution in [-0.2, 0) is 11.3 Å². The fourth-order valence-electron chi connectivity index (χ4n) is 1.75. The molecular formula is C13H17N3O2S. The van der Waals surface area contributed by atoms with Crippen LogP contribution in [0.25, 0.3) is 0 Å².